The van der Waals surface area contributed by atoms with Gasteiger partial charge in [-0.2, -0.15) is 0 Å². The Morgan fingerprint density at radius 3 is 1.74 bits per heavy atom. The summed E-state index contributed by atoms with van der Waals surface area (Å²) >= 11 is 0. The molecule has 0 N–H and O–H groups in total. The zero-order valence-corrected chi connectivity index (χ0v) is 28.6. The van der Waals surface area contributed by atoms with Crippen LogP contribution < -0.4 is 4.74 Å². The molecule has 0 atom stereocenters. The van der Waals surface area contributed by atoms with E-state index in [9.17, 15) is 0 Å². The van der Waals surface area contributed by atoms with Crippen LogP contribution in [0.3, 0.4) is 0 Å². The second-order valence-electron chi connectivity index (χ2n) is 14.3. The molecule has 10 aromatic rings. The minimum atomic E-state index is -0.473. The Hall–Kier alpha value is -6.90. The first-order valence-corrected chi connectivity index (χ1v) is 18.3. The van der Waals surface area contributed by atoms with Crippen molar-refractivity contribution in [3.8, 4) is 44.9 Å². The lowest BCUT2D eigenvalue weighted by Gasteiger charge is -2.39. The summed E-state index contributed by atoms with van der Waals surface area (Å²) < 4.78 is 13.3. The van der Waals surface area contributed by atoms with Crippen molar-refractivity contribution in [1.82, 2.24) is 0 Å². The summed E-state index contributed by atoms with van der Waals surface area (Å²) in [6, 6.07) is 65.9. The van der Waals surface area contributed by atoms with Gasteiger partial charge in [-0.1, -0.05) is 152 Å². The number of fused-ring (bicyclic) bond motifs is 14. The number of ether oxygens (including phenoxy) is 1. The normalized spacial score (nSPS) is 13.6. The molecule has 0 radical (unpaired) electrons. The average molecular weight is 675 g/mol. The van der Waals surface area contributed by atoms with Gasteiger partial charge in [-0.15, -0.1) is 0 Å². The Balaban J connectivity index is 1.07. The molecule has 2 nitrogen and oxygen atoms in total. The first-order valence-electron chi connectivity index (χ1n) is 18.3. The van der Waals surface area contributed by atoms with Crippen LogP contribution in [-0.2, 0) is 5.41 Å². The van der Waals surface area contributed by atoms with Crippen molar-refractivity contribution in [3.05, 3.63) is 204 Å². The smallest absolute Gasteiger partial charge is 0.136 e. The van der Waals surface area contributed by atoms with E-state index in [1.165, 1.54) is 71.6 Å². The molecule has 0 fully saturated rings. The van der Waals surface area contributed by atoms with E-state index in [-0.39, 0.29) is 0 Å². The van der Waals surface area contributed by atoms with Gasteiger partial charge in [0.1, 0.15) is 22.7 Å². The van der Waals surface area contributed by atoms with Crippen LogP contribution in [0, 0.1) is 0 Å². The van der Waals surface area contributed by atoms with E-state index in [1.807, 2.05) is 0 Å². The van der Waals surface area contributed by atoms with Gasteiger partial charge in [0, 0.05) is 21.9 Å². The Morgan fingerprint density at radius 2 is 0.943 bits per heavy atom. The molecule has 1 aliphatic carbocycles. The Morgan fingerprint density at radius 1 is 0.340 bits per heavy atom. The van der Waals surface area contributed by atoms with Gasteiger partial charge in [-0.05, 0) is 96.4 Å². The van der Waals surface area contributed by atoms with E-state index in [0.29, 0.717) is 0 Å². The molecule has 0 amide bonds. The van der Waals surface area contributed by atoms with Crippen molar-refractivity contribution < 1.29 is 9.15 Å². The number of furan rings is 1. The number of para-hydroxylation sites is 1. The Kier molecular flexibility index (Phi) is 5.73. The van der Waals surface area contributed by atoms with Crippen LogP contribution in [0.5, 0.6) is 11.5 Å². The van der Waals surface area contributed by atoms with Gasteiger partial charge < -0.3 is 9.15 Å². The topological polar surface area (TPSA) is 22.4 Å². The third-order valence-electron chi connectivity index (χ3n) is 11.7. The highest BCUT2D eigenvalue weighted by molar-refractivity contribution is 6.18. The second-order valence-corrected chi connectivity index (χ2v) is 14.3. The summed E-state index contributed by atoms with van der Waals surface area (Å²) in [4.78, 5) is 0. The van der Waals surface area contributed by atoms with E-state index in [4.69, 9.17) is 9.15 Å². The van der Waals surface area contributed by atoms with Gasteiger partial charge in [-0.25, -0.2) is 0 Å². The molecule has 246 valence electrons. The van der Waals surface area contributed by atoms with Crippen molar-refractivity contribution >= 4 is 43.5 Å². The summed E-state index contributed by atoms with van der Waals surface area (Å²) in [5, 5.41) is 7.07. The fourth-order valence-corrected chi connectivity index (χ4v) is 9.55. The molecule has 0 saturated heterocycles. The SMILES string of the molecule is c1ccc2c(c1)Oc1cc(-c3ccc(-c4cccc5oc6cc7ccccc7cc6c45)c4ccccc34)ccc1C21c2ccccc2-c2ccccc21. The molecule has 2 heterocycles. The van der Waals surface area contributed by atoms with Crippen LogP contribution in [0.1, 0.15) is 22.3 Å². The highest BCUT2D eigenvalue weighted by atomic mass is 16.5. The van der Waals surface area contributed by atoms with Gasteiger partial charge in [-0.3, -0.25) is 0 Å². The first kappa shape index (κ1) is 28.8. The van der Waals surface area contributed by atoms with Crippen LogP contribution in [0.2, 0.25) is 0 Å². The van der Waals surface area contributed by atoms with Gasteiger partial charge >= 0.3 is 0 Å². The fraction of sp³-hybridized carbons (Fsp3) is 0.0196. The van der Waals surface area contributed by atoms with Crippen LogP contribution in [0.25, 0.3) is 76.9 Å². The minimum absolute atomic E-state index is 0.473. The van der Waals surface area contributed by atoms with Crippen LogP contribution >= 0.6 is 0 Å². The van der Waals surface area contributed by atoms with Crippen LogP contribution in [-0.4, -0.2) is 0 Å². The first-order chi connectivity index (χ1) is 26.3. The highest BCUT2D eigenvalue weighted by Gasteiger charge is 2.50. The predicted octanol–water partition coefficient (Wildman–Crippen LogP) is 13.7. The predicted molar refractivity (Wildman–Crippen MR) is 217 cm³/mol. The largest absolute Gasteiger partial charge is 0.457 e. The monoisotopic (exact) mass is 674 g/mol. The van der Waals surface area contributed by atoms with E-state index in [1.54, 1.807) is 0 Å². The molecule has 1 aliphatic heterocycles. The van der Waals surface area contributed by atoms with Gasteiger partial charge in [0.2, 0.25) is 0 Å². The Labute approximate surface area is 306 Å². The van der Waals surface area contributed by atoms with E-state index in [0.717, 1.165) is 39.0 Å². The number of rotatable bonds is 2. The van der Waals surface area contributed by atoms with Crippen molar-refractivity contribution in [1.29, 1.82) is 0 Å². The number of hydrogen-bond acceptors (Lipinski definition) is 2. The van der Waals surface area contributed by atoms with Crippen molar-refractivity contribution in [2.45, 2.75) is 5.41 Å². The fourth-order valence-electron chi connectivity index (χ4n) is 9.55. The molecule has 1 aromatic heterocycles. The van der Waals surface area contributed by atoms with Crippen molar-refractivity contribution in [2.24, 2.45) is 0 Å². The third kappa shape index (κ3) is 3.82. The molecule has 12 rings (SSSR count). The van der Waals surface area contributed by atoms with E-state index >= 15 is 0 Å². The highest BCUT2D eigenvalue weighted by Crippen LogP contribution is 2.62. The quantitative estimate of drug-likeness (QED) is 0.182. The molecular weight excluding hydrogens is 645 g/mol. The molecule has 0 unspecified atom stereocenters. The summed E-state index contributed by atoms with van der Waals surface area (Å²) in [6.07, 6.45) is 0. The van der Waals surface area contributed by atoms with Gasteiger partial charge in [0.05, 0.1) is 5.41 Å². The molecular formula is C51H30O2. The van der Waals surface area contributed by atoms with Gasteiger partial charge in [0.25, 0.3) is 0 Å². The van der Waals surface area contributed by atoms with E-state index in [2.05, 4.69) is 182 Å². The van der Waals surface area contributed by atoms with Crippen molar-refractivity contribution in [2.75, 3.05) is 0 Å². The number of hydrogen-bond donors (Lipinski definition) is 0. The molecule has 9 aromatic carbocycles. The molecule has 0 saturated carbocycles. The lowest BCUT2D eigenvalue weighted by atomic mass is 9.66. The minimum Gasteiger partial charge on any atom is -0.457 e. The summed E-state index contributed by atoms with van der Waals surface area (Å²) in [6.45, 7) is 0. The van der Waals surface area contributed by atoms with Gasteiger partial charge in [0.15, 0.2) is 0 Å². The summed E-state index contributed by atoms with van der Waals surface area (Å²) in [7, 11) is 0. The van der Waals surface area contributed by atoms with Crippen LogP contribution in [0.4, 0.5) is 0 Å². The summed E-state index contributed by atoms with van der Waals surface area (Å²) in [5.41, 5.74) is 13.5. The maximum absolute atomic E-state index is 6.86. The van der Waals surface area contributed by atoms with E-state index < -0.39 is 5.41 Å². The summed E-state index contributed by atoms with van der Waals surface area (Å²) in [5.74, 6) is 1.79. The second kappa shape index (κ2) is 10.6. The van der Waals surface area contributed by atoms with Crippen LogP contribution in [0.15, 0.2) is 186 Å². The third-order valence-corrected chi connectivity index (χ3v) is 11.7. The maximum Gasteiger partial charge on any atom is 0.136 e. The molecule has 0 bridgehead atoms. The zero-order chi connectivity index (χ0) is 34.7. The lowest BCUT2D eigenvalue weighted by Crippen LogP contribution is -2.32. The maximum atomic E-state index is 6.86. The van der Waals surface area contributed by atoms with Crippen molar-refractivity contribution in [3.63, 3.8) is 0 Å². The molecule has 53 heavy (non-hydrogen) atoms. The standard InChI is InChI=1S/C51H30O2/c1-2-13-32-29-48-41(28-31(32)12-1)50-40(18-11-23-47(50)53-48)37-26-25-34(35-14-3-4-15-36(35)37)33-24-27-45-49(30-33)52-46-22-10-9-21-44(46)51(45)42-19-7-5-16-38(42)39-17-6-8-20-43(39)51/h1-30H. The average Bonchev–Trinajstić information content (AvgIpc) is 3.73. The Bertz CT molecular complexity index is 3120. The zero-order valence-electron chi connectivity index (χ0n) is 28.6. The molecule has 2 heteroatoms. The lowest BCUT2D eigenvalue weighted by molar-refractivity contribution is 0.436. The molecule has 2 aliphatic rings. The molecule has 1 spiro atoms. The number of benzene rings is 9.